The van der Waals surface area contributed by atoms with Gasteiger partial charge in [-0.15, -0.1) is 0 Å². The largest absolute Gasteiger partial charge is 0.493 e. The van der Waals surface area contributed by atoms with Crippen molar-refractivity contribution < 1.29 is 9.84 Å². The van der Waals surface area contributed by atoms with E-state index in [1.807, 2.05) is 36.0 Å². The molecule has 0 bridgehead atoms. The van der Waals surface area contributed by atoms with Gasteiger partial charge in [-0.3, -0.25) is 0 Å². The van der Waals surface area contributed by atoms with Crippen LogP contribution < -0.4 is 4.74 Å². The lowest BCUT2D eigenvalue weighted by Crippen LogP contribution is -2.04. The summed E-state index contributed by atoms with van der Waals surface area (Å²) in [6, 6.07) is 7.79. The molecule has 0 aliphatic heterocycles. The third-order valence-corrected chi connectivity index (χ3v) is 3.94. The van der Waals surface area contributed by atoms with Crippen LogP contribution in [0.5, 0.6) is 5.75 Å². The van der Waals surface area contributed by atoms with E-state index in [2.05, 4.69) is 25.7 Å². The maximum atomic E-state index is 8.68. The second-order valence-electron chi connectivity index (χ2n) is 4.24. The van der Waals surface area contributed by atoms with Crippen molar-refractivity contribution >= 4 is 11.8 Å². The van der Waals surface area contributed by atoms with E-state index in [4.69, 9.17) is 9.84 Å². The van der Waals surface area contributed by atoms with E-state index in [0.29, 0.717) is 11.7 Å². The van der Waals surface area contributed by atoms with Gasteiger partial charge in [0.05, 0.1) is 13.2 Å². The molecule has 0 spiro atoms. The van der Waals surface area contributed by atoms with Crippen molar-refractivity contribution in [3.8, 4) is 17.6 Å². The SMILES string of the molecule is CCC(C)SCCOc1cccc(C#CCCO)c1. The number of ether oxygens (including phenoxy) is 1. The fourth-order valence-electron chi connectivity index (χ4n) is 1.41. The maximum absolute atomic E-state index is 8.68. The second kappa shape index (κ2) is 9.77. The predicted octanol–water partition coefficient (Wildman–Crippen LogP) is 3.33. The molecule has 1 atom stereocenters. The molecule has 0 heterocycles. The molecule has 1 unspecified atom stereocenters. The van der Waals surface area contributed by atoms with E-state index in [9.17, 15) is 0 Å². The van der Waals surface area contributed by atoms with Crippen molar-refractivity contribution in [1.82, 2.24) is 0 Å². The van der Waals surface area contributed by atoms with Crippen LogP contribution in [0, 0.1) is 11.8 Å². The average molecular weight is 278 g/mol. The molecule has 2 nitrogen and oxygen atoms in total. The van der Waals surface area contributed by atoms with Crippen LogP contribution in [-0.2, 0) is 0 Å². The normalized spacial score (nSPS) is 11.5. The highest BCUT2D eigenvalue weighted by Crippen LogP contribution is 2.16. The number of hydrogen-bond donors (Lipinski definition) is 1. The molecule has 19 heavy (non-hydrogen) atoms. The number of rotatable bonds is 7. The van der Waals surface area contributed by atoms with Crippen molar-refractivity contribution in [3.05, 3.63) is 29.8 Å². The Balaban J connectivity index is 2.38. The van der Waals surface area contributed by atoms with Gasteiger partial charge >= 0.3 is 0 Å². The van der Waals surface area contributed by atoms with Gasteiger partial charge in [-0.1, -0.05) is 31.8 Å². The van der Waals surface area contributed by atoms with Crippen molar-refractivity contribution in [1.29, 1.82) is 0 Å². The van der Waals surface area contributed by atoms with Crippen LogP contribution in [0.4, 0.5) is 0 Å². The monoisotopic (exact) mass is 278 g/mol. The predicted molar refractivity (Wildman–Crippen MR) is 82.7 cm³/mol. The fourth-order valence-corrected chi connectivity index (χ4v) is 2.23. The Morgan fingerprint density at radius 3 is 3.00 bits per heavy atom. The molecular formula is C16H22O2S. The third-order valence-electron chi connectivity index (χ3n) is 2.63. The molecule has 0 aromatic heterocycles. The van der Waals surface area contributed by atoms with Gasteiger partial charge < -0.3 is 9.84 Å². The molecular weight excluding hydrogens is 256 g/mol. The first kappa shape index (κ1) is 15.9. The topological polar surface area (TPSA) is 29.5 Å². The summed E-state index contributed by atoms with van der Waals surface area (Å²) >= 11 is 1.94. The summed E-state index contributed by atoms with van der Waals surface area (Å²) in [6.07, 6.45) is 1.71. The average Bonchev–Trinajstić information content (AvgIpc) is 2.44. The summed E-state index contributed by atoms with van der Waals surface area (Å²) in [7, 11) is 0. The summed E-state index contributed by atoms with van der Waals surface area (Å²) in [5.74, 6) is 7.79. The number of hydrogen-bond acceptors (Lipinski definition) is 3. The van der Waals surface area contributed by atoms with Crippen molar-refractivity contribution in [3.63, 3.8) is 0 Å². The summed E-state index contributed by atoms with van der Waals surface area (Å²) < 4.78 is 5.71. The van der Waals surface area contributed by atoms with E-state index in [0.717, 1.165) is 23.7 Å². The number of aliphatic hydroxyl groups is 1. The minimum atomic E-state index is 0.107. The Kier molecular flexibility index (Phi) is 8.20. The number of thioether (sulfide) groups is 1. The zero-order valence-corrected chi connectivity index (χ0v) is 12.5. The smallest absolute Gasteiger partial charge is 0.120 e. The van der Waals surface area contributed by atoms with E-state index in [1.165, 1.54) is 6.42 Å². The van der Waals surface area contributed by atoms with Crippen LogP contribution in [0.15, 0.2) is 24.3 Å². The van der Waals surface area contributed by atoms with Crippen molar-refractivity contribution in [2.75, 3.05) is 19.0 Å². The highest BCUT2D eigenvalue weighted by Gasteiger charge is 1.99. The molecule has 1 N–H and O–H groups in total. The van der Waals surface area contributed by atoms with Gasteiger partial charge in [-0.2, -0.15) is 11.8 Å². The molecule has 0 aliphatic carbocycles. The maximum Gasteiger partial charge on any atom is 0.120 e. The second-order valence-corrected chi connectivity index (χ2v) is 5.79. The van der Waals surface area contributed by atoms with Crippen LogP contribution in [0.2, 0.25) is 0 Å². The van der Waals surface area contributed by atoms with Gasteiger partial charge in [-0.25, -0.2) is 0 Å². The van der Waals surface area contributed by atoms with Crippen LogP contribution >= 0.6 is 11.8 Å². The molecule has 0 radical (unpaired) electrons. The van der Waals surface area contributed by atoms with Gasteiger partial charge in [0.15, 0.2) is 0 Å². The van der Waals surface area contributed by atoms with E-state index in [-0.39, 0.29) is 6.61 Å². The van der Waals surface area contributed by atoms with E-state index >= 15 is 0 Å². The van der Waals surface area contributed by atoms with E-state index < -0.39 is 0 Å². The third kappa shape index (κ3) is 7.15. The minimum absolute atomic E-state index is 0.107. The van der Waals surface area contributed by atoms with Gasteiger partial charge in [0.25, 0.3) is 0 Å². The first-order valence-electron chi connectivity index (χ1n) is 6.70. The molecule has 104 valence electrons. The zero-order chi connectivity index (χ0) is 13.9. The van der Waals surface area contributed by atoms with Crippen LogP contribution in [-0.4, -0.2) is 29.3 Å². The Morgan fingerprint density at radius 1 is 1.42 bits per heavy atom. The molecule has 0 amide bonds. The molecule has 1 aromatic carbocycles. The van der Waals surface area contributed by atoms with Crippen molar-refractivity contribution in [2.24, 2.45) is 0 Å². The summed E-state index contributed by atoms with van der Waals surface area (Å²) in [5.41, 5.74) is 0.931. The van der Waals surface area contributed by atoms with Crippen LogP contribution in [0.25, 0.3) is 0 Å². The molecule has 3 heteroatoms. The van der Waals surface area contributed by atoms with Gasteiger partial charge in [0.2, 0.25) is 0 Å². The minimum Gasteiger partial charge on any atom is -0.493 e. The summed E-state index contributed by atoms with van der Waals surface area (Å²) in [6.45, 7) is 5.27. The Labute approximate surface area is 120 Å². The lowest BCUT2D eigenvalue weighted by atomic mass is 10.2. The summed E-state index contributed by atoms with van der Waals surface area (Å²) in [4.78, 5) is 0. The zero-order valence-electron chi connectivity index (χ0n) is 11.7. The summed E-state index contributed by atoms with van der Waals surface area (Å²) in [5, 5.41) is 9.37. The quantitative estimate of drug-likeness (QED) is 0.613. The molecule has 0 fully saturated rings. The van der Waals surface area contributed by atoms with Crippen LogP contribution in [0.3, 0.4) is 0 Å². The van der Waals surface area contributed by atoms with Gasteiger partial charge in [0, 0.05) is 23.0 Å². The molecule has 0 saturated carbocycles. The van der Waals surface area contributed by atoms with Crippen molar-refractivity contribution in [2.45, 2.75) is 31.9 Å². The lowest BCUT2D eigenvalue weighted by Gasteiger charge is -2.09. The molecule has 1 aromatic rings. The van der Waals surface area contributed by atoms with E-state index in [1.54, 1.807) is 0 Å². The first-order valence-corrected chi connectivity index (χ1v) is 7.75. The molecule has 0 aliphatic rings. The van der Waals surface area contributed by atoms with Crippen LogP contribution in [0.1, 0.15) is 32.3 Å². The first-order chi connectivity index (χ1) is 9.26. The Morgan fingerprint density at radius 2 is 2.26 bits per heavy atom. The molecule has 0 saturated heterocycles. The van der Waals surface area contributed by atoms with Gasteiger partial charge in [-0.05, 0) is 24.6 Å². The Bertz CT molecular complexity index is 420. The number of benzene rings is 1. The Hall–Kier alpha value is -1.11. The standard InChI is InChI=1S/C16H22O2S/c1-3-14(2)19-12-11-18-16-9-6-8-15(13-16)7-4-5-10-17/h6,8-9,13-14,17H,3,5,10-12H2,1-2H3. The fraction of sp³-hybridized carbons (Fsp3) is 0.500. The molecule has 1 rings (SSSR count). The number of aliphatic hydroxyl groups excluding tert-OH is 1. The highest BCUT2D eigenvalue weighted by atomic mass is 32.2. The lowest BCUT2D eigenvalue weighted by molar-refractivity contribution is 0.305. The van der Waals surface area contributed by atoms with Gasteiger partial charge in [0.1, 0.15) is 5.75 Å². The highest BCUT2D eigenvalue weighted by molar-refractivity contribution is 7.99.